The summed E-state index contributed by atoms with van der Waals surface area (Å²) in [5.74, 6) is 8.02. The van der Waals surface area contributed by atoms with E-state index in [1.807, 2.05) is 0 Å². The second kappa shape index (κ2) is 7.90. The largest absolute Gasteiger partial charge is 0.448 e. The third kappa shape index (κ3) is 4.03. The van der Waals surface area contributed by atoms with Crippen molar-refractivity contribution < 1.29 is 8.83 Å². The Labute approximate surface area is 213 Å². The third-order valence-corrected chi connectivity index (χ3v) is 8.06. The van der Waals surface area contributed by atoms with Gasteiger partial charge in [-0.2, -0.15) is 0 Å². The van der Waals surface area contributed by atoms with Crippen LogP contribution in [0.5, 0.6) is 0 Å². The lowest BCUT2D eigenvalue weighted by Gasteiger charge is -2.08. The maximum Gasteiger partial charge on any atom is 0.177 e. The van der Waals surface area contributed by atoms with Crippen LogP contribution in [0.15, 0.2) is 69.5 Å². The molecule has 2 heterocycles. The Hall–Kier alpha value is -3.71. The van der Waals surface area contributed by atoms with Gasteiger partial charge in [0.05, 0.1) is 0 Å². The van der Waals surface area contributed by atoms with E-state index in [0.717, 1.165) is 33.5 Å². The third-order valence-electron chi connectivity index (χ3n) is 6.31. The molecule has 0 unspecified atom stereocenters. The van der Waals surface area contributed by atoms with Crippen molar-refractivity contribution in [2.75, 3.05) is 0 Å². The summed E-state index contributed by atoms with van der Waals surface area (Å²) in [6.45, 7) is 13.5. The van der Waals surface area contributed by atoms with Gasteiger partial charge in [-0.1, -0.05) is 75.7 Å². The van der Waals surface area contributed by atoms with Crippen molar-refractivity contribution in [1.29, 1.82) is 0 Å². The molecular weight excluding hydrogens is 473 g/mol. The summed E-state index contributed by atoms with van der Waals surface area (Å²) in [5, 5.41) is 9.53. The van der Waals surface area contributed by atoms with Gasteiger partial charge in [-0.15, -0.1) is 11.1 Å². The van der Waals surface area contributed by atoms with E-state index in [2.05, 4.69) is 123 Å². The van der Waals surface area contributed by atoms with E-state index in [1.54, 1.807) is 0 Å². The lowest BCUT2D eigenvalue weighted by Crippen LogP contribution is -2.16. The molecule has 0 N–H and O–H groups in total. The van der Waals surface area contributed by atoms with Crippen LogP contribution in [-0.2, 0) is 0 Å². The van der Waals surface area contributed by atoms with E-state index in [1.165, 1.54) is 32.3 Å². The summed E-state index contributed by atoms with van der Waals surface area (Å²) in [6.07, 6.45) is 0. The minimum atomic E-state index is -1.47. The molecule has 0 aliphatic heterocycles. The summed E-state index contributed by atoms with van der Waals surface area (Å²) < 4.78 is 12.1. The van der Waals surface area contributed by atoms with Gasteiger partial charge in [-0.05, 0) is 56.3 Å². The Bertz CT molecular complexity index is 1820. The number of hydrogen-bond donors (Lipinski definition) is 0. The molecule has 0 aliphatic carbocycles. The zero-order valence-electron chi connectivity index (χ0n) is 21.6. The molecule has 0 saturated carbocycles. The number of fused-ring (bicyclic) bond motifs is 9. The van der Waals surface area contributed by atoms with E-state index < -0.39 is 16.1 Å². The Morgan fingerprint density at radius 2 is 0.750 bits per heavy atom. The number of rotatable bonds is 0. The molecule has 176 valence electrons. The first kappa shape index (κ1) is 22.7. The first-order valence-electron chi connectivity index (χ1n) is 12.4. The molecule has 4 aromatic carbocycles. The topological polar surface area (TPSA) is 26.3 Å². The number of furan rings is 2. The van der Waals surface area contributed by atoms with Gasteiger partial charge in [0, 0.05) is 22.9 Å². The van der Waals surface area contributed by atoms with E-state index >= 15 is 0 Å². The first-order chi connectivity index (χ1) is 17.1. The van der Waals surface area contributed by atoms with Crippen LogP contribution in [0.1, 0.15) is 11.5 Å². The fourth-order valence-electron chi connectivity index (χ4n) is 4.70. The van der Waals surface area contributed by atoms with Crippen LogP contribution in [0, 0.1) is 22.9 Å². The predicted molar refractivity (Wildman–Crippen MR) is 159 cm³/mol. The maximum atomic E-state index is 6.07. The molecule has 0 bridgehead atoms. The quantitative estimate of drug-likeness (QED) is 0.118. The molecule has 6 aromatic rings. The summed E-state index contributed by atoms with van der Waals surface area (Å²) in [6, 6.07) is 21.6. The van der Waals surface area contributed by atoms with Crippen LogP contribution in [0.4, 0.5) is 0 Å². The molecule has 0 radical (unpaired) electrons. The molecule has 0 atom stereocenters. The van der Waals surface area contributed by atoms with Gasteiger partial charge in [0.2, 0.25) is 0 Å². The molecule has 0 aliphatic rings. The Balaban J connectivity index is 1.54. The second-order valence-electron chi connectivity index (χ2n) is 11.6. The van der Waals surface area contributed by atoms with E-state index in [4.69, 9.17) is 8.83 Å². The van der Waals surface area contributed by atoms with E-state index in [-0.39, 0.29) is 0 Å². The molecule has 0 fully saturated rings. The normalized spacial score (nSPS) is 12.3. The van der Waals surface area contributed by atoms with Gasteiger partial charge >= 0.3 is 0 Å². The first-order valence-corrected chi connectivity index (χ1v) is 19.4. The van der Waals surface area contributed by atoms with Gasteiger partial charge in [0.25, 0.3) is 0 Å². The fraction of sp³-hybridized carbons (Fsp3) is 0.188. The molecule has 6 rings (SSSR count). The molecule has 0 saturated heterocycles. The summed E-state index contributed by atoms with van der Waals surface area (Å²) in [4.78, 5) is 0. The van der Waals surface area contributed by atoms with Gasteiger partial charge in [0.15, 0.2) is 11.5 Å². The lowest BCUT2D eigenvalue weighted by molar-refractivity contribution is 0.601. The zero-order valence-corrected chi connectivity index (χ0v) is 23.6. The molecule has 2 aromatic heterocycles. The van der Waals surface area contributed by atoms with Crippen LogP contribution in [0.3, 0.4) is 0 Å². The predicted octanol–water partition coefficient (Wildman–Crippen LogP) is 9.10. The van der Waals surface area contributed by atoms with Crippen LogP contribution in [0.25, 0.3) is 54.3 Å². The van der Waals surface area contributed by atoms with Gasteiger partial charge in [-0.3, -0.25) is 0 Å². The SMILES string of the molecule is C[Si](C)(C)C#Cc1cc2c(ccc3c2ccc2c4ccc5oc(C#C[Si](C)(C)C)cc5c4ccc32)o1. The van der Waals surface area contributed by atoms with Gasteiger partial charge in [-0.25, -0.2) is 0 Å². The molecule has 2 nitrogen and oxygen atoms in total. The highest BCUT2D eigenvalue weighted by Gasteiger charge is 2.14. The smallest absolute Gasteiger partial charge is 0.177 e. The van der Waals surface area contributed by atoms with Crippen molar-refractivity contribution in [2.24, 2.45) is 0 Å². The summed E-state index contributed by atoms with van der Waals surface area (Å²) in [5.41, 5.74) is 8.59. The van der Waals surface area contributed by atoms with Crippen molar-refractivity contribution in [2.45, 2.75) is 39.3 Å². The molecule has 0 spiro atoms. The summed E-state index contributed by atoms with van der Waals surface area (Å²) in [7, 11) is -2.94. The highest BCUT2D eigenvalue weighted by Crippen LogP contribution is 2.38. The summed E-state index contributed by atoms with van der Waals surface area (Å²) >= 11 is 0. The molecule has 4 heteroatoms. The van der Waals surface area contributed by atoms with Crippen molar-refractivity contribution in [3.8, 4) is 22.9 Å². The van der Waals surface area contributed by atoms with Crippen molar-refractivity contribution in [3.05, 3.63) is 72.2 Å². The highest BCUT2D eigenvalue weighted by atomic mass is 28.3. The Morgan fingerprint density at radius 3 is 1.08 bits per heavy atom. The number of benzene rings is 4. The second-order valence-corrected chi connectivity index (χ2v) is 21.1. The lowest BCUT2D eigenvalue weighted by atomic mass is 9.95. The minimum absolute atomic E-state index is 0.744. The van der Waals surface area contributed by atoms with Crippen molar-refractivity contribution in [1.82, 2.24) is 0 Å². The van der Waals surface area contributed by atoms with Crippen LogP contribution < -0.4 is 0 Å². The van der Waals surface area contributed by atoms with Gasteiger partial charge in [0.1, 0.15) is 27.3 Å². The Morgan fingerprint density at radius 1 is 0.444 bits per heavy atom. The Kier molecular flexibility index (Phi) is 4.99. The maximum absolute atomic E-state index is 6.07. The van der Waals surface area contributed by atoms with E-state index in [9.17, 15) is 0 Å². The average molecular weight is 501 g/mol. The molecular formula is C32H28O2Si2. The van der Waals surface area contributed by atoms with Gasteiger partial charge < -0.3 is 8.83 Å². The monoisotopic (exact) mass is 500 g/mol. The molecule has 36 heavy (non-hydrogen) atoms. The molecule has 0 amide bonds. The average Bonchev–Trinajstić information content (AvgIpc) is 3.43. The standard InChI is InChI=1S/C32H28O2Si2/c1-35(2,3)17-15-21-19-29-27-9-7-24-23(25(27)11-13-31(29)33-21)8-10-28-26(24)12-14-32-30(28)20-22(34-32)16-18-36(4,5)6/h7-14,19-20H,1-6H3. The van der Waals surface area contributed by atoms with Crippen LogP contribution >= 0.6 is 0 Å². The number of hydrogen-bond acceptors (Lipinski definition) is 2. The minimum Gasteiger partial charge on any atom is -0.448 e. The fourth-order valence-corrected chi connectivity index (χ4v) is 5.70. The van der Waals surface area contributed by atoms with Crippen molar-refractivity contribution >= 4 is 70.4 Å². The zero-order chi connectivity index (χ0) is 25.2. The van der Waals surface area contributed by atoms with Crippen molar-refractivity contribution in [3.63, 3.8) is 0 Å². The van der Waals surface area contributed by atoms with Crippen LogP contribution in [-0.4, -0.2) is 16.1 Å². The highest BCUT2D eigenvalue weighted by molar-refractivity contribution is 6.84. The van der Waals surface area contributed by atoms with Crippen LogP contribution in [0.2, 0.25) is 39.3 Å². The van der Waals surface area contributed by atoms with E-state index in [0.29, 0.717) is 0 Å².